The van der Waals surface area contributed by atoms with Crippen molar-refractivity contribution in [2.24, 2.45) is 0 Å². The number of aromatic amines is 1. The molecule has 0 unspecified atom stereocenters. The minimum Gasteiger partial charge on any atom is -0.383 e. The second-order valence-corrected chi connectivity index (χ2v) is 11.1. The Morgan fingerprint density at radius 3 is 2.26 bits per heavy atom. The van der Waals surface area contributed by atoms with E-state index in [1.54, 1.807) is 6.20 Å². The van der Waals surface area contributed by atoms with Gasteiger partial charge >= 0.3 is 0 Å². The molecule has 13 heteroatoms. The lowest BCUT2D eigenvalue weighted by Gasteiger charge is -2.07. The minimum atomic E-state index is 0.198. The second kappa shape index (κ2) is 19.7. The third kappa shape index (κ3) is 11.2. The number of carbonyl (C=O) groups excluding carboxylic acids is 2. The summed E-state index contributed by atoms with van der Waals surface area (Å²) >= 11 is 0. The summed E-state index contributed by atoms with van der Waals surface area (Å²) in [6.07, 6.45) is 11.5. The Morgan fingerprint density at radius 2 is 1.50 bits per heavy atom. The van der Waals surface area contributed by atoms with E-state index in [1.807, 2.05) is 29.9 Å². The third-order valence-electron chi connectivity index (χ3n) is 7.47. The van der Waals surface area contributed by atoms with Gasteiger partial charge in [-0.1, -0.05) is 13.3 Å². The Bertz CT molecular complexity index is 1500. The first-order chi connectivity index (χ1) is 22.6. The zero-order valence-corrected chi connectivity index (χ0v) is 26.9. The van der Waals surface area contributed by atoms with Crippen molar-refractivity contribution < 1.29 is 28.5 Å². The van der Waals surface area contributed by atoms with Crippen molar-refractivity contribution in [1.82, 2.24) is 29.7 Å². The number of nitrogen functional groups attached to an aromatic ring is 1. The van der Waals surface area contributed by atoms with E-state index in [9.17, 15) is 9.59 Å². The van der Waals surface area contributed by atoms with Crippen molar-refractivity contribution in [2.75, 3.05) is 58.6 Å². The van der Waals surface area contributed by atoms with Crippen LogP contribution in [0.2, 0.25) is 0 Å². The monoisotopic (exact) mass is 637 g/mol. The number of ketones is 2. The van der Waals surface area contributed by atoms with E-state index in [0.29, 0.717) is 108 Å². The normalized spacial score (nSPS) is 11.6. The predicted octanol–water partition coefficient (Wildman–Crippen LogP) is 4.69. The second-order valence-electron chi connectivity index (χ2n) is 11.1. The molecule has 4 heterocycles. The molecule has 0 saturated heterocycles. The lowest BCUT2D eigenvalue weighted by Crippen LogP contribution is -2.13. The van der Waals surface area contributed by atoms with E-state index >= 15 is 0 Å². The Labute approximate surface area is 269 Å². The number of anilines is 1. The number of nitrogens with zero attached hydrogens (tertiary/aromatic N) is 5. The number of H-pyrrole nitrogens is 1. The molecule has 0 radical (unpaired) electrons. The molecule has 0 aliphatic heterocycles. The summed E-state index contributed by atoms with van der Waals surface area (Å²) in [6.45, 7) is 6.51. The van der Waals surface area contributed by atoms with Gasteiger partial charge in [-0.2, -0.15) is 5.10 Å². The van der Waals surface area contributed by atoms with Gasteiger partial charge in [-0.05, 0) is 37.8 Å². The highest BCUT2D eigenvalue weighted by Crippen LogP contribution is 2.31. The van der Waals surface area contributed by atoms with Gasteiger partial charge in [0.1, 0.15) is 35.1 Å². The van der Waals surface area contributed by atoms with Crippen LogP contribution < -0.4 is 5.73 Å². The number of hydrogen-bond donors (Lipinski definition) is 2. The Balaban J connectivity index is 1.01. The first kappa shape index (κ1) is 35.1. The maximum absolute atomic E-state index is 12.3. The summed E-state index contributed by atoms with van der Waals surface area (Å²) < 4.78 is 23.8. The number of aryl methyl sites for hydroxylation is 1. The molecule has 0 aliphatic rings. The molecule has 4 aromatic rings. The highest BCUT2D eigenvalue weighted by Gasteiger charge is 2.17. The summed E-state index contributed by atoms with van der Waals surface area (Å²) in [7, 11) is 0. The molecule has 250 valence electrons. The number of carbonyl (C=O) groups is 2. The van der Waals surface area contributed by atoms with Gasteiger partial charge in [-0.3, -0.25) is 9.59 Å². The molecule has 0 aliphatic carbocycles. The molecule has 13 nitrogen and oxygen atoms in total. The standard InChI is InChI=1S/C33H47N7O6/c1-2-7-27(41)9-6-14-43-16-18-45-20-21-46-19-17-44-15-11-28(42)8-4-3-5-13-40-33-29(31(34)37-24-38-33)30(39-40)26-22-25-10-12-35-32(25)36-23-26/h10,12,22-24H,2-9,11,13-21H2,1H3,(H,35,36)(H2,34,37,38). The number of unbranched alkanes of at least 4 members (excludes halogenated alkanes) is 2. The first-order valence-electron chi connectivity index (χ1n) is 16.3. The van der Waals surface area contributed by atoms with Crippen LogP contribution in [-0.4, -0.2) is 94.1 Å². The maximum atomic E-state index is 12.3. The summed E-state index contributed by atoms with van der Waals surface area (Å²) in [5.74, 6) is 0.886. The van der Waals surface area contributed by atoms with Crippen molar-refractivity contribution in [3.8, 4) is 11.3 Å². The Morgan fingerprint density at radius 1 is 0.804 bits per heavy atom. The van der Waals surface area contributed by atoms with Crippen LogP contribution in [-0.2, 0) is 35.1 Å². The summed E-state index contributed by atoms with van der Waals surface area (Å²) in [5, 5.41) is 6.53. The number of rotatable bonds is 25. The number of ether oxygens (including phenoxy) is 4. The van der Waals surface area contributed by atoms with E-state index in [2.05, 4.69) is 19.9 Å². The number of Topliss-reactive ketones (excluding diaryl/α,β-unsaturated/α-hetero) is 2. The fourth-order valence-corrected chi connectivity index (χ4v) is 5.07. The van der Waals surface area contributed by atoms with Crippen LogP contribution >= 0.6 is 0 Å². The van der Waals surface area contributed by atoms with Gasteiger partial charge in [0, 0.05) is 62.2 Å². The number of nitrogens with two attached hydrogens (primary N) is 1. The van der Waals surface area contributed by atoms with Crippen molar-refractivity contribution in [2.45, 2.75) is 71.3 Å². The smallest absolute Gasteiger partial charge is 0.163 e. The van der Waals surface area contributed by atoms with Crippen LogP contribution in [0.4, 0.5) is 5.82 Å². The van der Waals surface area contributed by atoms with Crippen molar-refractivity contribution in [1.29, 1.82) is 0 Å². The fraction of sp³-hybridized carbons (Fsp3) is 0.576. The first-order valence-corrected chi connectivity index (χ1v) is 16.3. The average molecular weight is 638 g/mol. The number of aromatic nitrogens is 6. The number of fused-ring (bicyclic) bond motifs is 2. The summed E-state index contributed by atoms with van der Waals surface area (Å²) in [6, 6.07) is 3.99. The van der Waals surface area contributed by atoms with E-state index in [1.165, 1.54) is 6.33 Å². The van der Waals surface area contributed by atoms with Gasteiger partial charge in [-0.25, -0.2) is 19.6 Å². The summed E-state index contributed by atoms with van der Waals surface area (Å²) in [4.78, 5) is 40.0. The van der Waals surface area contributed by atoms with Crippen LogP contribution in [0.3, 0.4) is 0 Å². The quantitative estimate of drug-likeness (QED) is 0.0967. The molecule has 46 heavy (non-hydrogen) atoms. The van der Waals surface area contributed by atoms with Gasteiger partial charge in [0.25, 0.3) is 0 Å². The Kier molecular flexibility index (Phi) is 15.0. The van der Waals surface area contributed by atoms with Crippen molar-refractivity contribution in [3.63, 3.8) is 0 Å². The van der Waals surface area contributed by atoms with E-state index in [-0.39, 0.29) is 5.78 Å². The average Bonchev–Trinajstić information content (AvgIpc) is 3.68. The van der Waals surface area contributed by atoms with Gasteiger partial charge in [0.2, 0.25) is 0 Å². The van der Waals surface area contributed by atoms with Crippen LogP contribution in [0.1, 0.15) is 64.7 Å². The molecule has 0 atom stereocenters. The third-order valence-corrected chi connectivity index (χ3v) is 7.47. The van der Waals surface area contributed by atoms with E-state index in [4.69, 9.17) is 29.8 Å². The van der Waals surface area contributed by atoms with E-state index in [0.717, 1.165) is 54.1 Å². The van der Waals surface area contributed by atoms with Gasteiger partial charge in [0.15, 0.2) is 5.65 Å². The van der Waals surface area contributed by atoms with Gasteiger partial charge < -0.3 is 29.7 Å². The molecule has 0 fully saturated rings. The lowest BCUT2D eigenvalue weighted by molar-refractivity contribution is -0.120. The van der Waals surface area contributed by atoms with E-state index < -0.39 is 0 Å². The highest BCUT2D eigenvalue weighted by atomic mass is 16.6. The fourth-order valence-electron chi connectivity index (χ4n) is 5.07. The minimum absolute atomic E-state index is 0.198. The molecular formula is C33H47N7O6. The highest BCUT2D eigenvalue weighted by molar-refractivity contribution is 5.99. The van der Waals surface area contributed by atoms with Gasteiger partial charge in [-0.15, -0.1) is 0 Å². The topological polar surface area (TPSA) is 169 Å². The largest absolute Gasteiger partial charge is 0.383 e. The molecule has 3 N–H and O–H groups in total. The van der Waals surface area contributed by atoms with Gasteiger partial charge in [0.05, 0.1) is 51.6 Å². The molecule has 0 spiro atoms. The van der Waals surface area contributed by atoms with Crippen LogP contribution in [0, 0.1) is 0 Å². The molecule has 0 saturated carbocycles. The molecule has 4 rings (SSSR count). The maximum Gasteiger partial charge on any atom is 0.163 e. The Hall–Kier alpha value is -3.78. The lowest BCUT2D eigenvalue weighted by atomic mass is 10.1. The van der Waals surface area contributed by atoms with Crippen molar-refractivity contribution >= 4 is 39.5 Å². The molecule has 4 aromatic heterocycles. The predicted molar refractivity (Wildman–Crippen MR) is 175 cm³/mol. The summed E-state index contributed by atoms with van der Waals surface area (Å²) in [5.41, 5.74) is 9.30. The molecular weight excluding hydrogens is 590 g/mol. The zero-order chi connectivity index (χ0) is 32.4. The zero-order valence-electron chi connectivity index (χ0n) is 26.9. The van der Waals surface area contributed by atoms with Crippen molar-refractivity contribution in [3.05, 3.63) is 30.9 Å². The number of hydrogen-bond acceptors (Lipinski definition) is 11. The molecule has 0 amide bonds. The van der Waals surface area contributed by atoms with Crippen LogP contribution in [0.15, 0.2) is 30.9 Å². The van der Waals surface area contributed by atoms with Crippen LogP contribution in [0.5, 0.6) is 0 Å². The molecule has 0 aromatic carbocycles. The van der Waals surface area contributed by atoms with Crippen LogP contribution in [0.25, 0.3) is 33.3 Å². The molecule has 0 bridgehead atoms. The SMILES string of the molecule is CCCC(=O)CCCOCCOCCOCCOCCC(=O)CCCCCn1nc(-c2cnc3[nH]ccc3c2)c2c(N)ncnc21. The number of pyridine rings is 1. The number of nitrogens with one attached hydrogen (secondary N) is 1.